The number of rotatable bonds is 4. The Morgan fingerprint density at radius 2 is 1.97 bits per heavy atom. The normalized spacial score (nSPS) is 16.7. The number of hydrazine groups is 1. The minimum atomic E-state index is -0.765. The van der Waals surface area contributed by atoms with Gasteiger partial charge in [0.25, 0.3) is 5.91 Å². The maximum atomic E-state index is 12.2. The molecule has 0 saturated carbocycles. The van der Waals surface area contributed by atoms with Crippen molar-refractivity contribution in [3.8, 4) is 0 Å². The first-order valence-electron chi connectivity index (χ1n) is 11.4. The van der Waals surface area contributed by atoms with Crippen molar-refractivity contribution in [3.63, 3.8) is 0 Å². The molecular formula is C24H34BN5O4. The molecule has 3 rings (SSSR count). The van der Waals surface area contributed by atoms with Crippen LogP contribution in [0.15, 0.2) is 30.3 Å². The van der Waals surface area contributed by atoms with Gasteiger partial charge in [0, 0.05) is 17.6 Å². The summed E-state index contributed by atoms with van der Waals surface area (Å²) in [6, 6.07) is 8.62. The lowest BCUT2D eigenvalue weighted by Gasteiger charge is -2.34. The fourth-order valence-corrected chi connectivity index (χ4v) is 3.30. The van der Waals surface area contributed by atoms with Gasteiger partial charge in [0.2, 0.25) is 5.91 Å². The fraction of sp³-hybridized carbons (Fsp3) is 0.500. The highest BCUT2D eigenvalue weighted by atomic mass is 16.6. The second-order valence-electron chi connectivity index (χ2n) is 9.19. The van der Waals surface area contributed by atoms with Crippen molar-refractivity contribution in [2.45, 2.75) is 71.6 Å². The van der Waals surface area contributed by atoms with E-state index in [2.05, 4.69) is 34.8 Å². The van der Waals surface area contributed by atoms with E-state index in [1.807, 2.05) is 18.2 Å². The molecule has 2 radical (unpaired) electrons. The molecule has 182 valence electrons. The van der Waals surface area contributed by atoms with Crippen molar-refractivity contribution in [1.82, 2.24) is 20.7 Å². The predicted molar refractivity (Wildman–Crippen MR) is 132 cm³/mol. The second-order valence-corrected chi connectivity index (χ2v) is 9.19. The van der Waals surface area contributed by atoms with Crippen molar-refractivity contribution in [2.24, 2.45) is 5.73 Å². The molecule has 0 aliphatic carbocycles. The number of amides is 3. The summed E-state index contributed by atoms with van der Waals surface area (Å²) in [5.74, 6) is -0.841. The Kier molecular flexibility index (Phi) is 9.43. The van der Waals surface area contributed by atoms with Gasteiger partial charge in [-0.3, -0.25) is 19.6 Å². The lowest BCUT2D eigenvalue weighted by molar-refractivity contribution is -0.140. The first kappa shape index (κ1) is 27.1. The number of primary amides is 1. The highest BCUT2D eigenvalue weighted by Gasteiger charge is 2.30. The van der Waals surface area contributed by atoms with Gasteiger partial charge in [0.05, 0.1) is 5.52 Å². The van der Waals surface area contributed by atoms with E-state index in [0.717, 1.165) is 28.5 Å². The van der Waals surface area contributed by atoms with E-state index >= 15 is 0 Å². The minimum Gasteiger partial charge on any atom is -0.444 e. The number of nitrogens with zero attached hydrogens (tertiary/aromatic N) is 2. The number of ether oxygens (including phenoxy) is 1. The topological polar surface area (TPSA) is 127 Å². The number of fused-ring (bicyclic) bond motifs is 1. The van der Waals surface area contributed by atoms with E-state index in [4.69, 9.17) is 18.3 Å². The van der Waals surface area contributed by atoms with Crippen LogP contribution in [0.5, 0.6) is 0 Å². The van der Waals surface area contributed by atoms with Crippen LogP contribution in [0.25, 0.3) is 10.9 Å². The zero-order valence-corrected chi connectivity index (χ0v) is 20.6. The number of nitrogens with one attached hydrogen (secondary N) is 2. The maximum Gasteiger partial charge on any atom is 0.408 e. The molecule has 34 heavy (non-hydrogen) atoms. The molecule has 1 aromatic heterocycles. The van der Waals surface area contributed by atoms with Crippen LogP contribution in [0.1, 0.15) is 53.2 Å². The molecule has 0 spiro atoms. The molecule has 2 atom stereocenters. The van der Waals surface area contributed by atoms with E-state index in [-0.39, 0.29) is 5.91 Å². The van der Waals surface area contributed by atoms with Crippen molar-refractivity contribution in [3.05, 3.63) is 36.0 Å². The number of aryl methyl sites for hydroxylation is 1. The highest BCUT2D eigenvalue weighted by Crippen LogP contribution is 2.11. The number of hydrogen-bond donors (Lipinski definition) is 3. The van der Waals surface area contributed by atoms with Gasteiger partial charge in [-0.05, 0) is 59.1 Å². The van der Waals surface area contributed by atoms with E-state index in [9.17, 15) is 14.4 Å². The van der Waals surface area contributed by atoms with Crippen LogP contribution >= 0.6 is 0 Å². The molecular weight excluding hydrogens is 433 g/mol. The SMILES string of the molecule is CC(NC(=O)OC(C)(C)C)C(=O)N1CCCC(C(N)=O)N1.[B]c1ccc2ccc(CC)nc2c1. The smallest absolute Gasteiger partial charge is 0.408 e. The first-order chi connectivity index (χ1) is 15.9. The molecule has 2 unspecified atom stereocenters. The second kappa shape index (κ2) is 11.8. The quantitative estimate of drug-likeness (QED) is 0.585. The molecule has 1 fully saturated rings. The number of hydrogen-bond acceptors (Lipinski definition) is 6. The van der Waals surface area contributed by atoms with E-state index in [0.29, 0.717) is 19.4 Å². The number of carbonyl (C=O) groups excluding carboxylic acids is 3. The van der Waals surface area contributed by atoms with Crippen molar-refractivity contribution < 1.29 is 19.1 Å². The third-order valence-corrected chi connectivity index (χ3v) is 5.04. The Morgan fingerprint density at radius 3 is 2.59 bits per heavy atom. The molecule has 10 heteroatoms. The van der Waals surface area contributed by atoms with Gasteiger partial charge in [0.15, 0.2) is 0 Å². The first-order valence-corrected chi connectivity index (χ1v) is 11.4. The predicted octanol–water partition coefficient (Wildman–Crippen LogP) is 1.47. The molecule has 9 nitrogen and oxygen atoms in total. The molecule has 1 aliphatic rings. The Labute approximate surface area is 202 Å². The van der Waals surface area contributed by atoms with Gasteiger partial charge >= 0.3 is 6.09 Å². The largest absolute Gasteiger partial charge is 0.444 e. The van der Waals surface area contributed by atoms with Crippen LogP contribution in [0, 0.1) is 0 Å². The Morgan fingerprint density at radius 1 is 1.29 bits per heavy atom. The number of benzene rings is 1. The third-order valence-electron chi connectivity index (χ3n) is 5.04. The van der Waals surface area contributed by atoms with E-state index in [1.54, 1.807) is 27.7 Å². The highest BCUT2D eigenvalue weighted by molar-refractivity contribution is 6.33. The average molecular weight is 467 g/mol. The van der Waals surface area contributed by atoms with Gasteiger partial charge in [-0.1, -0.05) is 30.6 Å². The summed E-state index contributed by atoms with van der Waals surface area (Å²) in [4.78, 5) is 39.5. The molecule has 4 N–H and O–H groups in total. The summed E-state index contributed by atoms with van der Waals surface area (Å²) in [5.41, 5.74) is 10.2. The van der Waals surface area contributed by atoms with Crippen LogP contribution in [-0.4, -0.2) is 60.0 Å². The molecule has 0 bridgehead atoms. The summed E-state index contributed by atoms with van der Waals surface area (Å²) >= 11 is 0. The summed E-state index contributed by atoms with van der Waals surface area (Å²) in [5, 5.41) is 4.93. The molecule has 1 aromatic carbocycles. The molecule has 1 saturated heterocycles. The summed E-state index contributed by atoms with van der Waals surface area (Å²) in [6.07, 6.45) is 1.57. The van der Waals surface area contributed by atoms with Crippen LogP contribution in [0.4, 0.5) is 4.79 Å². The van der Waals surface area contributed by atoms with Gasteiger partial charge in [-0.2, -0.15) is 0 Å². The minimum absolute atomic E-state index is 0.341. The maximum absolute atomic E-state index is 12.2. The lowest BCUT2D eigenvalue weighted by Crippen LogP contribution is -2.60. The number of alkyl carbamates (subject to hydrolysis) is 1. The lowest BCUT2D eigenvalue weighted by atomic mass is 9.95. The molecule has 1 aliphatic heterocycles. The number of carbonyl (C=O) groups is 3. The number of aromatic nitrogens is 1. The molecule has 3 amide bonds. The number of nitrogens with two attached hydrogens (primary N) is 1. The van der Waals surface area contributed by atoms with E-state index < -0.39 is 29.7 Å². The van der Waals surface area contributed by atoms with Crippen LogP contribution in [0.2, 0.25) is 0 Å². The van der Waals surface area contributed by atoms with Crippen molar-refractivity contribution in [1.29, 1.82) is 0 Å². The van der Waals surface area contributed by atoms with Crippen LogP contribution in [0.3, 0.4) is 0 Å². The molecule has 2 aromatic rings. The Bertz CT molecular complexity index is 1020. The standard InChI is InChI=1S/C13H24N4O4.C11H10BN/c1-8(15-12(20)21-13(2,3)4)11(19)17-7-5-6-9(16-17)10(14)18;1-2-10-6-4-8-3-5-9(12)7-11(8)13-10/h8-9,16H,5-7H2,1-4H3,(H2,14,18)(H,15,20);3-7H,2H2,1H3. The van der Waals surface area contributed by atoms with Gasteiger partial charge in [0.1, 0.15) is 25.5 Å². The van der Waals surface area contributed by atoms with Crippen LogP contribution < -0.4 is 21.9 Å². The fourth-order valence-electron chi connectivity index (χ4n) is 3.30. The molecule has 2 heterocycles. The summed E-state index contributed by atoms with van der Waals surface area (Å²) in [7, 11) is 5.68. The van der Waals surface area contributed by atoms with Crippen molar-refractivity contribution in [2.75, 3.05) is 6.54 Å². The third kappa shape index (κ3) is 8.33. The zero-order valence-electron chi connectivity index (χ0n) is 20.6. The van der Waals surface area contributed by atoms with Gasteiger partial charge in [-0.25, -0.2) is 10.2 Å². The summed E-state index contributed by atoms with van der Waals surface area (Å²) in [6.45, 7) is 9.33. The van der Waals surface area contributed by atoms with Gasteiger partial charge < -0.3 is 15.8 Å². The zero-order chi connectivity index (χ0) is 25.5. The monoisotopic (exact) mass is 467 g/mol. The summed E-state index contributed by atoms with van der Waals surface area (Å²) < 4.78 is 5.09. The van der Waals surface area contributed by atoms with Crippen molar-refractivity contribution >= 4 is 42.1 Å². The van der Waals surface area contributed by atoms with Gasteiger partial charge in [-0.15, -0.1) is 0 Å². The van der Waals surface area contributed by atoms with E-state index in [1.165, 1.54) is 5.01 Å². The Hall–Kier alpha value is -3.14. The number of pyridine rings is 1. The van der Waals surface area contributed by atoms with Crippen LogP contribution in [-0.2, 0) is 20.7 Å². The average Bonchev–Trinajstić information content (AvgIpc) is 2.77. The Balaban J connectivity index is 0.000000266.